The van der Waals surface area contributed by atoms with Crippen LogP contribution in [0.2, 0.25) is 0 Å². The molecular formula is C26H56N2O6P+. The number of phosphoric ester groups is 1. The first-order valence-electron chi connectivity index (χ1n) is 13.9. The van der Waals surface area contributed by atoms with E-state index in [0.717, 1.165) is 19.3 Å². The third kappa shape index (κ3) is 25.0. The van der Waals surface area contributed by atoms with Crippen LogP contribution in [-0.2, 0) is 18.4 Å². The van der Waals surface area contributed by atoms with E-state index < -0.39 is 13.9 Å². The lowest BCUT2D eigenvalue weighted by Crippen LogP contribution is -2.40. The number of quaternary nitrogens is 1. The molecule has 0 aliphatic heterocycles. The van der Waals surface area contributed by atoms with Gasteiger partial charge in [-0.2, -0.15) is 0 Å². The summed E-state index contributed by atoms with van der Waals surface area (Å²) in [4.78, 5) is 21.9. The SMILES string of the molecule is CCCCCCCCCCCCCCCCCC(=O)NC(CO)COP(=O)(O)OCC[N+](C)(C)C. The first kappa shape index (κ1) is 34.5. The van der Waals surface area contributed by atoms with Gasteiger partial charge in [0, 0.05) is 6.42 Å². The third-order valence-corrected chi connectivity index (χ3v) is 7.03. The molecule has 3 N–H and O–H groups in total. The van der Waals surface area contributed by atoms with Crippen molar-refractivity contribution in [1.82, 2.24) is 5.32 Å². The number of nitrogens with zero attached hydrogens (tertiary/aromatic N) is 1. The lowest BCUT2D eigenvalue weighted by molar-refractivity contribution is -0.870. The van der Waals surface area contributed by atoms with E-state index in [1.165, 1.54) is 77.0 Å². The molecule has 0 aromatic rings. The molecule has 35 heavy (non-hydrogen) atoms. The number of hydrogen-bond acceptors (Lipinski definition) is 5. The summed E-state index contributed by atoms with van der Waals surface area (Å²) in [6.45, 7) is 2.23. The van der Waals surface area contributed by atoms with Gasteiger partial charge in [0.25, 0.3) is 0 Å². The van der Waals surface area contributed by atoms with Crippen LogP contribution in [0, 0.1) is 0 Å². The second kappa shape index (κ2) is 21.6. The smallest absolute Gasteiger partial charge is 0.394 e. The Morgan fingerprint density at radius 2 is 1.29 bits per heavy atom. The van der Waals surface area contributed by atoms with E-state index in [0.29, 0.717) is 17.4 Å². The zero-order valence-corrected chi connectivity index (χ0v) is 24.0. The first-order valence-corrected chi connectivity index (χ1v) is 15.4. The average molecular weight is 524 g/mol. The molecule has 0 aliphatic carbocycles. The van der Waals surface area contributed by atoms with Crippen LogP contribution < -0.4 is 5.32 Å². The number of hydrogen-bond donors (Lipinski definition) is 3. The van der Waals surface area contributed by atoms with Gasteiger partial charge >= 0.3 is 7.82 Å². The van der Waals surface area contributed by atoms with Gasteiger partial charge in [0.15, 0.2) is 0 Å². The fourth-order valence-electron chi connectivity index (χ4n) is 3.75. The van der Waals surface area contributed by atoms with Crippen molar-refractivity contribution < 1.29 is 32.9 Å². The highest BCUT2D eigenvalue weighted by Crippen LogP contribution is 2.43. The Bertz CT molecular complexity index is 556. The van der Waals surface area contributed by atoms with E-state index in [2.05, 4.69) is 12.2 Å². The fraction of sp³-hybridized carbons (Fsp3) is 0.962. The average Bonchev–Trinajstić information content (AvgIpc) is 2.78. The maximum Gasteiger partial charge on any atom is 0.472 e. The summed E-state index contributed by atoms with van der Waals surface area (Å²) in [6.07, 6.45) is 19.5. The highest BCUT2D eigenvalue weighted by Gasteiger charge is 2.25. The topological polar surface area (TPSA) is 105 Å². The lowest BCUT2D eigenvalue weighted by Gasteiger charge is -2.24. The molecule has 0 radical (unpaired) electrons. The van der Waals surface area contributed by atoms with Gasteiger partial charge in [-0.25, -0.2) is 4.57 Å². The van der Waals surface area contributed by atoms with Crippen LogP contribution in [0.15, 0.2) is 0 Å². The summed E-state index contributed by atoms with van der Waals surface area (Å²) < 4.78 is 22.4. The van der Waals surface area contributed by atoms with Crippen LogP contribution >= 0.6 is 7.82 Å². The lowest BCUT2D eigenvalue weighted by atomic mass is 10.0. The Morgan fingerprint density at radius 3 is 1.71 bits per heavy atom. The molecule has 8 nitrogen and oxygen atoms in total. The van der Waals surface area contributed by atoms with Crippen LogP contribution in [-0.4, -0.2) is 73.9 Å². The highest BCUT2D eigenvalue weighted by molar-refractivity contribution is 7.47. The molecule has 2 atom stereocenters. The molecule has 0 bridgehead atoms. The molecule has 0 saturated carbocycles. The predicted molar refractivity (Wildman–Crippen MR) is 143 cm³/mol. The van der Waals surface area contributed by atoms with E-state index in [-0.39, 0.29) is 25.7 Å². The molecule has 1 amide bonds. The number of carbonyl (C=O) groups is 1. The Kier molecular flexibility index (Phi) is 21.3. The largest absolute Gasteiger partial charge is 0.472 e. The Balaban J connectivity index is 3.68. The molecule has 0 aromatic carbocycles. The summed E-state index contributed by atoms with van der Waals surface area (Å²) in [5, 5.41) is 12.1. The van der Waals surface area contributed by atoms with Crippen molar-refractivity contribution in [2.75, 3.05) is 47.5 Å². The van der Waals surface area contributed by atoms with Crippen molar-refractivity contribution >= 4 is 13.7 Å². The molecule has 0 saturated heterocycles. The Morgan fingerprint density at radius 1 is 0.829 bits per heavy atom. The Labute approximate surface area is 215 Å². The van der Waals surface area contributed by atoms with E-state index >= 15 is 0 Å². The maximum atomic E-state index is 12.1. The predicted octanol–water partition coefficient (Wildman–Crippen LogP) is 5.56. The van der Waals surface area contributed by atoms with Gasteiger partial charge in [-0.05, 0) is 6.42 Å². The van der Waals surface area contributed by atoms with Crippen molar-refractivity contribution in [2.24, 2.45) is 0 Å². The van der Waals surface area contributed by atoms with Gasteiger partial charge in [-0.15, -0.1) is 0 Å². The van der Waals surface area contributed by atoms with Crippen molar-refractivity contribution in [3.05, 3.63) is 0 Å². The van der Waals surface area contributed by atoms with E-state index in [1.54, 1.807) is 0 Å². The third-order valence-electron chi connectivity index (χ3n) is 6.05. The van der Waals surface area contributed by atoms with Crippen molar-refractivity contribution in [1.29, 1.82) is 0 Å². The molecule has 0 spiro atoms. The zero-order chi connectivity index (χ0) is 26.4. The Hall–Kier alpha value is -0.500. The van der Waals surface area contributed by atoms with Gasteiger partial charge in [0.05, 0.1) is 40.4 Å². The molecular weight excluding hydrogens is 467 g/mol. The van der Waals surface area contributed by atoms with E-state index in [1.807, 2.05) is 21.1 Å². The molecule has 0 rings (SSSR count). The number of carbonyl (C=O) groups excluding carboxylic acids is 1. The standard InChI is InChI=1S/C26H55N2O6P/c1-5-6-7-8-9-10-11-12-13-14-15-16-17-18-19-20-26(30)27-25(23-29)24-34-35(31,32)33-22-21-28(2,3)4/h25,29H,5-24H2,1-4H3,(H-,27,30,31,32)/p+1. The molecule has 0 heterocycles. The number of unbranched alkanes of at least 4 members (excludes halogenated alkanes) is 14. The van der Waals surface area contributed by atoms with Crippen LogP contribution in [0.25, 0.3) is 0 Å². The zero-order valence-electron chi connectivity index (χ0n) is 23.1. The summed E-state index contributed by atoms with van der Waals surface area (Å²) in [5.74, 6) is -0.180. The second-order valence-electron chi connectivity index (χ2n) is 10.8. The van der Waals surface area contributed by atoms with Crippen molar-refractivity contribution in [3.8, 4) is 0 Å². The summed E-state index contributed by atoms with van der Waals surface area (Å²) in [5.41, 5.74) is 0. The molecule has 210 valence electrons. The summed E-state index contributed by atoms with van der Waals surface area (Å²) in [6, 6.07) is -0.735. The van der Waals surface area contributed by atoms with Crippen molar-refractivity contribution in [2.45, 2.75) is 116 Å². The van der Waals surface area contributed by atoms with E-state index in [4.69, 9.17) is 9.05 Å². The second-order valence-corrected chi connectivity index (χ2v) is 12.2. The van der Waals surface area contributed by atoms with Crippen LogP contribution in [0.3, 0.4) is 0 Å². The van der Waals surface area contributed by atoms with Gasteiger partial charge in [0.1, 0.15) is 13.2 Å². The van der Waals surface area contributed by atoms with E-state index in [9.17, 15) is 19.4 Å². The number of rotatable bonds is 25. The number of phosphoric acid groups is 1. The summed E-state index contributed by atoms with van der Waals surface area (Å²) >= 11 is 0. The maximum absolute atomic E-state index is 12.1. The fourth-order valence-corrected chi connectivity index (χ4v) is 4.50. The minimum atomic E-state index is -4.22. The minimum Gasteiger partial charge on any atom is -0.394 e. The molecule has 0 aliphatic rings. The highest BCUT2D eigenvalue weighted by atomic mass is 31.2. The van der Waals surface area contributed by atoms with Gasteiger partial charge < -0.3 is 19.8 Å². The number of likely N-dealkylation sites (N-methyl/N-ethyl adjacent to an activating group) is 1. The van der Waals surface area contributed by atoms with Crippen LogP contribution in [0.1, 0.15) is 110 Å². The van der Waals surface area contributed by atoms with Crippen LogP contribution in [0.4, 0.5) is 0 Å². The number of aliphatic hydroxyl groups excluding tert-OH is 1. The molecule has 2 unspecified atom stereocenters. The normalized spacial score (nSPS) is 14.6. The minimum absolute atomic E-state index is 0.0760. The number of aliphatic hydroxyl groups is 1. The monoisotopic (exact) mass is 523 g/mol. The van der Waals surface area contributed by atoms with Gasteiger partial charge in [0.2, 0.25) is 5.91 Å². The summed E-state index contributed by atoms with van der Waals surface area (Å²) in [7, 11) is 1.63. The van der Waals surface area contributed by atoms with Gasteiger partial charge in [-0.3, -0.25) is 13.8 Å². The van der Waals surface area contributed by atoms with Crippen molar-refractivity contribution in [3.63, 3.8) is 0 Å². The molecule has 0 aromatic heterocycles. The quantitative estimate of drug-likeness (QED) is 0.0821. The molecule has 9 heteroatoms. The number of nitrogens with one attached hydrogen (secondary N) is 1. The van der Waals surface area contributed by atoms with Crippen LogP contribution in [0.5, 0.6) is 0 Å². The van der Waals surface area contributed by atoms with Gasteiger partial charge in [-0.1, -0.05) is 96.8 Å². The first-order chi connectivity index (χ1) is 16.6. The number of amides is 1. The molecule has 0 fully saturated rings.